The molecule has 0 fully saturated rings. The number of hydrogen-bond acceptors (Lipinski definition) is 3. The van der Waals surface area contributed by atoms with Crippen LogP contribution >= 0.6 is 12.2 Å². The minimum Gasteiger partial charge on any atom is -0.495 e. The number of amides is 2. The zero-order valence-corrected chi connectivity index (χ0v) is 12.0. The van der Waals surface area contributed by atoms with Crippen molar-refractivity contribution in [2.24, 2.45) is 5.73 Å². The van der Waals surface area contributed by atoms with Crippen LogP contribution in [0.15, 0.2) is 24.3 Å². The van der Waals surface area contributed by atoms with Crippen LogP contribution in [-0.4, -0.2) is 36.1 Å². The molecule has 0 heterocycles. The Morgan fingerprint density at radius 2 is 2.16 bits per heavy atom. The molecule has 2 amide bonds. The Balaban J connectivity index is 2.77. The summed E-state index contributed by atoms with van der Waals surface area (Å²) in [6.45, 7) is 2.85. The van der Waals surface area contributed by atoms with Crippen LogP contribution in [0.3, 0.4) is 0 Å². The maximum Gasteiger partial charge on any atom is 0.322 e. The molecule has 104 valence electrons. The van der Waals surface area contributed by atoms with Gasteiger partial charge < -0.3 is 20.7 Å². The highest BCUT2D eigenvalue weighted by molar-refractivity contribution is 7.80. The van der Waals surface area contributed by atoms with Gasteiger partial charge in [0.05, 0.1) is 24.3 Å². The van der Waals surface area contributed by atoms with Crippen molar-refractivity contribution in [2.75, 3.05) is 25.5 Å². The fourth-order valence-electron chi connectivity index (χ4n) is 1.65. The quantitative estimate of drug-likeness (QED) is 0.785. The summed E-state index contributed by atoms with van der Waals surface area (Å²) in [6.07, 6.45) is 0.835. The summed E-state index contributed by atoms with van der Waals surface area (Å²) in [6, 6.07) is 7.00. The van der Waals surface area contributed by atoms with Gasteiger partial charge in [-0.25, -0.2) is 4.79 Å². The third kappa shape index (κ3) is 4.75. The number of nitrogens with two attached hydrogens (primary N) is 1. The number of benzene rings is 1. The van der Waals surface area contributed by atoms with Gasteiger partial charge in [0.1, 0.15) is 5.75 Å². The van der Waals surface area contributed by atoms with E-state index in [0.717, 1.165) is 6.42 Å². The van der Waals surface area contributed by atoms with E-state index in [0.29, 0.717) is 23.0 Å². The van der Waals surface area contributed by atoms with Crippen molar-refractivity contribution in [2.45, 2.75) is 13.3 Å². The number of para-hydroxylation sites is 2. The molecule has 0 aromatic heterocycles. The van der Waals surface area contributed by atoms with Gasteiger partial charge in [-0.2, -0.15) is 0 Å². The van der Waals surface area contributed by atoms with Crippen molar-refractivity contribution in [1.82, 2.24) is 4.90 Å². The lowest BCUT2D eigenvalue weighted by Crippen LogP contribution is -2.40. The molecule has 0 saturated heterocycles. The van der Waals surface area contributed by atoms with Crippen LogP contribution < -0.4 is 15.8 Å². The SMILES string of the molecule is CCCN(CC(N)=S)C(=O)Nc1ccccc1OC. The first kappa shape index (κ1) is 15.2. The monoisotopic (exact) mass is 281 g/mol. The Hall–Kier alpha value is -1.82. The number of thiocarbonyl (C=S) groups is 1. The lowest BCUT2D eigenvalue weighted by molar-refractivity contribution is 0.218. The Bertz CT molecular complexity index is 451. The van der Waals surface area contributed by atoms with Gasteiger partial charge in [-0.1, -0.05) is 31.3 Å². The standard InChI is InChI=1S/C13H19N3O2S/c1-3-8-16(9-12(14)19)13(17)15-10-6-4-5-7-11(10)18-2/h4-7H,3,8-9H2,1-2H3,(H2,14,19)(H,15,17). The van der Waals surface area contributed by atoms with Crippen molar-refractivity contribution < 1.29 is 9.53 Å². The number of nitrogens with zero attached hydrogens (tertiary/aromatic N) is 1. The van der Waals surface area contributed by atoms with Crippen LogP contribution in [0.1, 0.15) is 13.3 Å². The van der Waals surface area contributed by atoms with Gasteiger partial charge in [0.15, 0.2) is 0 Å². The van der Waals surface area contributed by atoms with Crippen LogP contribution in [0.4, 0.5) is 10.5 Å². The number of rotatable bonds is 6. The maximum absolute atomic E-state index is 12.2. The second kappa shape index (κ2) is 7.58. The highest BCUT2D eigenvalue weighted by Crippen LogP contribution is 2.23. The highest BCUT2D eigenvalue weighted by atomic mass is 32.1. The Morgan fingerprint density at radius 3 is 2.74 bits per heavy atom. The first-order valence-electron chi connectivity index (χ1n) is 6.05. The van der Waals surface area contributed by atoms with Crippen LogP contribution in [0.2, 0.25) is 0 Å². The maximum atomic E-state index is 12.2. The Labute approximate surface area is 118 Å². The predicted molar refractivity (Wildman–Crippen MR) is 80.7 cm³/mol. The van der Waals surface area contributed by atoms with Gasteiger partial charge in [0, 0.05) is 6.54 Å². The molecule has 6 heteroatoms. The van der Waals surface area contributed by atoms with Gasteiger partial charge in [-0.05, 0) is 18.6 Å². The van der Waals surface area contributed by atoms with Crippen LogP contribution in [-0.2, 0) is 0 Å². The normalized spacial score (nSPS) is 9.79. The summed E-state index contributed by atoms with van der Waals surface area (Å²) in [4.78, 5) is 14.0. The number of methoxy groups -OCH3 is 1. The minimum absolute atomic E-state index is 0.237. The van der Waals surface area contributed by atoms with Crippen molar-refractivity contribution in [3.05, 3.63) is 24.3 Å². The van der Waals surface area contributed by atoms with Crippen molar-refractivity contribution in [1.29, 1.82) is 0 Å². The van der Waals surface area contributed by atoms with E-state index in [9.17, 15) is 4.79 Å². The van der Waals surface area contributed by atoms with Crippen molar-refractivity contribution in [3.63, 3.8) is 0 Å². The fourth-order valence-corrected chi connectivity index (χ4v) is 1.81. The van der Waals surface area contributed by atoms with E-state index in [-0.39, 0.29) is 12.6 Å². The molecule has 0 aliphatic rings. The van der Waals surface area contributed by atoms with Crippen LogP contribution in [0, 0.1) is 0 Å². The number of ether oxygens (including phenoxy) is 1. The third-order valence-corrected chi connectivity index (χ3v) is 2.61. The zero-order valence-electron chi connectivity index (χ0n) is 11.2. The molecule has 0 unspecified atom stereocenters. The number of nitrogens with one attached hydrogen (secondary N) is 1. The predicted octanol–water partition coefficient (Wildman–Crippen LogP) is 2.23. The molecule has 0 aliphatic carbocycles. The number of urea groups is 1. The summed E-state index contributed by atoms with van der Waals surface area (Å²) < 4.78 is 5.18. The van der Waals surface area contributed by atoms with E-state index >= 15 is 0 Å². The molecule has 0 bridgehead atoms. The smallest absolute Gasteiger partial charge is 0.322 e. The van der Waals surface area contributed by atoms with Crippen molar-refractivity contribution >= 4 is 28.9 Å². The summed E-state index contributed by atoms with van der Waals surface area (Å²) >= 11 is 4.85. The van der Waals surface area contributed by atoms with Crippen LogP contribution in [0.5, 0.6) is 5.75 Å². The molecule has 19 heavy (non-hydrogen) atoms. The largest absolute Gasteiger partial charge is 0.495 e. The average Bonchev–Trinajstić information content (AvgIpc) is 2.38. The van der Waals surface area contributed by atoms with E-state index in [1.165, 1.54) is 0 Å². The molecule has 1 aromatic carbocycles. The van der Waals surface area contributed by atoms with Crippen molar-refractivity contribution in [3.8, 4) is 5.75 Å². The molecule has 5 nitrogen and oxygen atoms in total. The second-order valence-corrected chi connectivity index (χ2v) is 4.54. The fraction of sp³-hybridized carbons (Fsp3) is 0.385. The first-order chi connectivity index (χ1) is 9.08. The van der Waals surface area contributed by atoms with E-state index in [1.54, 1.807) is 24.1 Å². The molecule has 1 rings (SSSR count). The third-order valence-electron chi connectivity index (χ3n) is 2.48. The molecule has 1 aromatic rings. The summed E-state index contributed by atoms with van der Waals surface area (Å²) in [5.74, 6) is 0.614. The number of carbonyl (C=O) groups is 1. The lowest BCUT2D eigenvalue weighted by atomic mass is 10.3. The summed E-state index contributed by atoms with van der Waals surface area (Å²) in [5, 5.41) is 2.80. The molecule has 0 atom stereocenters. The Morgan fingerprint density at radius 1 is 1.47 bits per heavy atom. The van der Waals surface area contributed by atoms with Gasteiger partial charge in [0.25, 0.3) is 0 Å². The first-order valence-corrected chi connectivity index (χ1v) is 6.46. The molecule has 0 spiro atoms. The number of carbonyl (C=O) groups excluding carboxylic acids is 1. The van der Waals surface area contributed by atoms with Gasteiger partial charge in [0.2, 0.25) is 0 Å². The van der Waals surface area contributed by atoms with Gasteiger partial charge >= 0.3 is 6.03 Å². The lowest BCUT2D eigenvalue weighted by Gasteiger charge is -2.22. The van der Waals surface area contributed by atoms with E-state index in [4.69, 9.17) is 22.7 Å². The summed E-state index contributed by atoms with van der Waals surface area (Å²) in [7, 11) is 1.56. The van der Waals surface area contributed by atoms with E-state index in [1.807, 2.05) is 19.1 Å². The number of anilines is 1. The molecule has 0 saturated carbocycles. The highest BCUT2D eigenvalue weighted by Gasteiger charge is 2.15. The molecular formula is C13H19N3O2S. The topological polar surface area (TPSA) is 67.6 Å². The minimum atomic E-state index is -0.237. The Kier molecular flexibility index (Phi) is 6.08. The molecule has 0 radical (unpaired) electrons. The molecule has 0 aliphatic heterocycles. The second-order valence-electron chi connectivity index (χ2n) is 4.02. The van der Waals surface area contributed by atoms with Gasteiger partial charge in [-0.15, -0.1) is 0 Å². The molecular weight excluding hydrogens is 262 g/mol. The van der Waals surface area contributed by atoms with Gasteiger partial charge in [-0.3, -0.25) is 0 Å². The zero-order chi connectivity index (χ0) is 14.3. The number of hydrogen-bond donors (Lipinski definition) is 2. The summed E-state index contributed by atoms with van der Waals surface area (Å²) in [5.41, 5.74) is 6.12. The average molecular weight is 281 g/mol. The molecule has 3 N–H and O–H groups in total. The van der Waals surface area contributed by atoms with Crippen LogP contribution in [0.25, 0.3) is 0 Å². The van der Waals surface area contributed by atoms with E-state index < -0.39 is 0 Å². The van der Waals surface area contributed by atoms with E-state index in [2.05, 4.69) is 5.32 Å².